The zero-order chi connectivity index (χ0) is 16.4. The third-order valence-electron chi connectivity index (χ3n) is 3.61. The standard InChI is InChI=1S/C18H16N2O3/c1-12-15(11-13-7-6-10-16(23-2)17(13)21)18(22)20(19-12)14-8-4-3-5-9-14/h3-11,21H,1-2H3. The van der Waals surface area contributed by atoms with Crippen LogP contribution in [-0.2, 0) is 4.79 Å². The van der Waals surface area contributed by atoms with Gasteiger partial charge in [0.1, 0.15) is 0 Å². The molecule has 0 aromatic heterocycles. The number of nitrogens with zero attached hydrogens (tertiary/aromatic N) is 2. The van der Waals surface area contributed by atoms with Crippen molar-refractivity contribution in [3.63, 3.8) is 0 Å². The van der Waals surface area contributed by atoms with Crippen LogP contribution in [0, 0.1) is 0 Å². The fourth-order valence-corrected chi connectivity index (χ4v) is 2.40. The van der Waals surface area contributed by atoms with Crippen LogP contribution < -0.4 is 9.75 Å². The summed E-state index contributed by atoms with van der Waals surface area (Å²) in [6.07, 6.45) is 1.63. The number of hydrogen-bond donors (Lipinski definition) is 1. The first-order valence-electron chi connectivity index (χ1n) is 7.14. The van der Waals surface area contributed by atoms with E-state index in [4.69, 9.17) is 4.74 Å². The third kappa shape index (κ3) is 2.68. The highest BCUT2D eigenvalue weighted by Crippen LogP contribution is 2.32. The summed E-state index contributed by atoms with van der Waals surface area (Å²) in [6.45, 7) is 1.77. The lowest BCUT2D eigenvalue weighted by Crippen LogP contribution is -2.21. The van der Waals surface area contributed by atoms with Crippen molar-refractivity contribution in [2.45, 2.75) is 6.92 Å². The van der Waals surface area contributed by atoms with Gasteiger partial charge in [-0.25, -0.2) is 0 Å². The number of para-hydroxylation sites is 2. The van der Waals surface area contributed by atoms with Gasteiger partial charge < -0.3 is 9.84 Å². The molecule has 3 rings (SSSR count). The molecule has 0 fully saturated rings. The van der Waals surface area contributed by atoms with Crippen LogP contribution in [0.15, 0.2) is 59.2 Å². The van der Waals surface area contributed by atoms with Gasteiger partial charge in [-0.1, -0.05) is 30.3 Å². The molecule has 0 atom stereocenters. The monoisotopic (exact) mass is 308 g/mol. The minimum Gasteiger partial charge on any atom is -0.504 e. The lowest BCUT2D eigenvalue weighted by Gasteiger charge is -2.11. The molecular weight excluding hydrogens is 292 g/mol. The van der Waals surface area contributed by atoms with Gasteiger partial charge in [0.15, 0.2) is 11.5 Å². The maximum atomic E-state index is 12.6. The average Bonchev–Trinajstić information content (AvgIpc) is 2.85. The average molecular weight is 308 g/mol. The van der Waals surface area contributed by atoms with E-state index >= 15 is 0 Å². The predicted octanol–water partition coefficient (Wildman–Crippen LogP) is 3.21. The molecule has 0 bridgehead atoms. The van der Waals surface area contributed by atoms with Crippen molar-refractivity contribution in [3.05, 3.63) is 59.7 Å². The molecule has 1 aliphatic rings. The van der Waals surface area contributed by atoms with Crippen molar-refractivity contribution in [1.82, 2.24) is 0 Å². The van der Waals surface area contributed by atoms with Crippen molar-refractivity contribution in [3.8, 4) is 11.5 Å². The number of phenols is 1. The number of ether oxygens (including phenoxy) is 1. The minimum absolute atomic E-state index is 0.00117. The third-order valence-corrected chi connectivity index (χ3v) is 3.61. The summed E-state index contributed by atoms with van der Waals surface area (Å²) < 4.78 is 5.09. The Morgan fingerprint density at radius 1 is 1.13 bits per heavy atom. The summed E-state index contributed by atoms with van der Waals surface area (Å²) >= 11 is 0. The molecule has 116 valence electrons. The number of carbonyl (C=O) groups excluding carboxylic acids is 1. The molecule has 0 saturated carbocycles. The van der Waals surface area contributed by atoms with E-state index in [1.54, 1.807) is 31.2 Å². The number of rotatable bonds is 3. The molecule has 1 amide bonds. The summed E-state index contributed by atoms with van der Waals surface area (Å²) in [4.78, 5) is 12.6. The number of anilines is 1. The maximum absolute atomic E-state index is 12.6. The molecule has 1 N–H and O–H groups in total. The van der Waals surface area contributed by atoms with E-state index in [2.05, 4.69) is 5.10 Å². The van der Waals surface area contributed by atoms with Crippen molar-refractivity contribution in [2.24, 2.45) is 5.10 Å². The largest absolute Gasteiger partial charge is 0.504 e. The molecule has 0 aliphatic carbocycles. The van der Waals surface area contributed by atoms with Crippen LogP contribution >= 0.6 is 0 Å². The molecule has 2 aromatic rings. The minimum atomic E-state index is -0.226. The normalized spacial score (nSPS) is 15.9. The van der Waals surface area contributed by atoms with Crippen molar-refractivity contribution in [2.75, 3.05) is 12.1 Å². The second kappa shape index (κ2) is 5.96. The highest BCUT2D eigenvalue weighted by molar-refractivity contribution is 6.32. The predicted molar refractivity (Wildman–Crippen MR) is 89.7 cm³/mol. The van der Waals surface area contributed by atoms with E-state index < -0.39 is 0 Å². The zero-order valence-corrected chi connectivity index (χ0v) is 12.9. The molecule has 0 spiro atoms. The lowest BCUT2D eigenvalue weighted by molar-refractivity contribution is -0.114. The Labute approximate surface area is 134 Å². The van der Waals surface area contributed by atoms with E-state index in [0.717, 1.165) is 0 Å². The van der Waals surface area contributed by atoms with Crippen LogP contribution in [0.3, 0.4) is 0 Å². The molecular formula is C18H16N2O3. The highest BCUT2D eigenvalue weighted by Gasteiger charge is 2.28. The SMILES string of the molecule is COc1cccc(C=C2C(=O)N(c3ccccc3)N=C2C)c1O. The first-order valence-corrected chi connectivity index (χ1v) is 7.14. The summed E-state index contributed by atoms with van der Waals surface area (Å²) in [7, 11) is 1.48. The first kappa shape index (κ1) is 14.8. The van der Waals surface area contributed by atoms with E-state index in [9.17, 15) is 9.90 Å². The molecule has 5 heteroatoms. The fraction of sp³-hybridized carbons (Fsp3) is 0.111. The summed E-state index contributed by atoms with van der Waals surface area (Å²) in [6, 6.07) is 14.4. The molecule has 23 heavy (non-hydrogen) atoms. The van der Waals surface area contributed by atoms with Gasteiger partial charge in [-0.05, 0) is 31.2 Å². The first-order chi connectivity index (χ1) is 11.1. The zero-order valence-electron chi connectivity index (χ0n) is 12.9. The van der Waals surface area contributed by atoms with Crippen molar-refractivity contribution < 1.29 is 14.6 Å². The smallest absolute Gasteiger partial charge is 0.280 e. The number of hydrogen-bond acceptors (Lipinski definition) is 4. The van der Waals surface area contributed by atoms with Crippen molar-refractivity contribution in [1.29, 1.82) is 0 Å². The van der Waals surface area contributed by atoms with Gasteiger partial charge in [0, 0.05) is 5.56 Å². The Hall–Kier alpha value is -3.08. The Bertz CT molecular complexity index is 810. The highest BCUT2D eigenvalue weighted by atomic mass is 16.5. The fourth-order valence-electron chi connectivity index (χ4n) is 2.40. The van der Waals surface area contributed by atoms with Gasteiger partial charge >= 0.3 is 0 Å². The Balaban J connectivity index is 1.99. The topological polar surface area (TPSA) is 62.1 Å². The quantitative estimate of drug-likeness (QED) is 0.886. The lowest BCUT2D eigenvalue weighted by atomic mass is 10.1. The van der Waals surface area contributed by atoms with Gasteiger partial charge in [-0.15, -0.1) is 0 Å². The van der Waals surface area contributed by atoms with Crippen LogP contribution in [0.25, 0.3) is 6.08 Å². The molecule has 0 radical (unpaired) electrons. The van der Waals surface area contributed by atoms with Crippen LogP contribution in [-0.4, -0.2) is 23.8 Å². The second-order valence-corrected chi connectivity index (χ2v) is 5.09. The van der Waals surface area contributed by atoms with Crippen LogP contribution in [0.2, 0.25) is 0 Å². The van der Waals surface area contributed by atoms with Gasteiger partial charge in [-0.3, -0.25) is 4.79 Å². The molecule has 0 unspecified atom stereocenters. The Morgan fingerprint density at radius 2 is 1.87 bits per heavy atom. The van der Waals surface area contributed by atoms with E-state index in [-0.39, 0.29) is 11.7 Å². The maximum Gasteiger partial charge on any atom is 0.280 e. The Morgan fingerprint density at radius 3 is 2.57 bits per heavy atom. The van der Waals surface area contributed by atoms with Gasteiger partial charge in [0.2, 0.25) is 0 Å². The van der Waals surface area contributed by atoms with Gasteiger partial charge in [-0.2, -0.15) is 10.1 Å². The van der Waals surface area contributed by atoms with Gasteiger partial charge in [0.05, 0.1) is 24.1 Å². The number of carbonyl (C=O) groups is 1. The number of methoxy groups -OCH3 is 1. The number of amides is 1. The Kier molecular flexibility index (Phi) is 3.85. The molecule has 0 saturated heterocycles. The molecule has 5 nitrogen and oxygen atoms in total. The van der Waals surface area contributed by atoms with Crippen LogP contribution in [0.1, 0.15) is 12.5 Å². The van der Waals surface area contributed by atoms with Crippen LogP contribution in [0.4, 0.5) is 5.69 Å². The van der Waals surface area contributed by atoms with Gasteiger partial charge in [0.25, 0.3) is 5.91 Å². The van der Waals surface area contributed by atoms with E-state index in [1.807, 2.05) is 30.3 Å². The van der Waals surface area contributed by atoms with Crippen LogP contribution in [0.5, 0.6) is 11.5 Å². The number of benzene rings is 2. The molecule has 1 aliphatic heterocycles. The summed E-state index contributed by atoms with van der Waals surface area (Å²) in [5.74, 6) is 0.136. The number of phenolic OH excluding ortho intramolecular Hbond substituents is 1. The van der Waals surface area contributed by atoms with Crippen molar-refractivity contribution >= 4 is 23.4 Å². The van der Waals surface area contributed by atoms with E-state index in [0.29, 0.717) is 28.3 Å². The summed E-state index contributed by atoms with van der Waals surface area (Å²) in [5.41, 5.74) is 2.26. The number of aromatic hydroxyl groups is 1. The second-order valence-electron chi connectivity index (χ2n) is 5.09. The summed E-state index contributed by atoms with van der Waals surface area (Å²) in [5, 5.41) is 15.8. The molecule has 1 heterocycles. The number of hydrazone groups is 1. The molecule has 2 aromatic carbocycles. The van der Waals surface area contributed by atoms with E-state index in [1.165, 1.54) is 12.1 Å².